The van der Waals surface area contributed by atoms with Gasteiger partial charge in [0.15, 0.2) is 0 Å². The topological polar surface area (TPSA) is 49.8 Å². The van der Waals surface area contributed by atoms with E-state index in [1.165, 1.54) is 5.56 Å². The average Bonchev–Trinajstić information content (AvgIpc) is 2.93. The van der Waals surface area contributed by atoms with Crippen LogP contribution in [0.5, 0.6) is 0 Å². The molecule has 0 spiro atoms. The van der Waals surface area contributed by atoms with Crippen molar-refractivity contribution in [2.75, 3.05) is 26.3 Å². The summed E-state index contributed by atoms with van der Waals surface area (Å²) in [5.74, 6) is 0.797. The molecular formula is C17H23NO3. The van der Waals surface area contributed by atoms with E-state index >= 15 is 0 Å². The summed E-state index contributed by atoms with van der Waals surface area (Å²) >= 11 is 0. The van der Waals surface area contributed by atoms with E-state index in [0.29, 0.717) is 19.1 Å². The summed E-state index contributed by atoms with van der Waals surface area (Å²) in [4.78, 5) is 14.5. The molecule has 2 heterocycles. The Bertz CT molecular complexity index is 507. The molecule has 114 valence electrons. The molecule has 0 aromatic heterocycles. The molecule has 0 aliphatic carbocycles. The predicted molar refractivity (Wildman–Crippen MR) is 79.7 cm³/mol. The predicted octanol–water partition coefficient (Wildman–Crippen LogP) is 1.61. The summed E-state index contributed by atoms with van der Waals surface area (Å²) in [5.41, 5.74) is 1.95. The van der Waals surface area contributed by atoms with E-state index in [9.17, 15) is 4.79 Å². The highest BCUT2D eigenvalue weighted by Crippen LogP contribution is 2.32. The van der Waals surface area contributed by atoms with Crippen LogP contribution in [0.25, 0.3) is 0 Å². The lowest BCUT2D eigenvalue weighted by atomic mass is 9.87. The van der Waals surface area contributed by atoms with Crippen LogP contribution in [0.2, 0.25) is 0 Å². The van der Waals surface area contributed by atoms with Crippen LogP contribution in [0.15, 0.2) is 24.3 Å². The Morgan fingerprint density at radius 1 is 1.33 bits per heavy atom. The van der Waals surface area contributed by atoms with Crippen LogP contribution < -0.4 is 0 Å². The van der Waals surface area contributed by atoms with Gasteiger partial charge in [-0.05, 0) is 36.8 Å². The van der Waals surface area contributed by atoms with E-state index in [2.05, 4.69) is 12.1 Å². The third kappa shape index (κ3) is 2.97. The van der Waals surface area contributed by atoms with Crippen molar-refractivity contribution in [3.8, 4) is 0 Å². The molecular weight excluding hydrogens is 266 g/mol. The normalized spacial score (nSPS) is 23.9. The number of aliphatic hydroxyl groups excluding tert-OH is 1. The van der Waals surface area contributed by atoms with Crippen LogP contribution in [0.3, 0.4) is 0 Å². The minimum atomic E-state index is -0.280. The Balaban J connectivity index is 1.55. The van der Waals surface area contributed by atoms with Gasteiger partial charge in [-0.3, -0.25) is 4.79 Å². The minimum Gasteiger partial charge on any atom is -0.392 e. The molecule has 1 aromatic rings. The lowest BCUT2D eigenvalue weighted by molar-refractivity contribution is -0.167. The highest BCUT2D eigenvalue weighted by atomic mass is 16.5. The van der Waals surface area contributed by atoms with Crippen molar-refractivity contribution in [2.45, 2.75) is 26.4 Å². The van der Waals surface area contributed by atoms with Crippen molar-refractivity contribution >= 4 is 5.91 Å². The Kier molecular flexibility index (Phi) is 4.00. The average molecular weight is 289 g/mol. The molecule has 0 unspecified atom stereocenters. The van der Waals surface area contributed by atoms with Crippen molar-refractivity contribution in [2.24, 2.45) is 11.3 Å². The van der Waals surface area contributed by atoms with Gasteiger partial charge >= 0.3 is 0 Å². The van der Waals surface area contributed by atoms with Crippen molar-refractivity contribution < 1.29 is 14.6 Å². The van der Waals surface area contributed by atoms with Crippen LogP contribution >= 0.6 is 0 Å². The van der Waals surface area contributed by atoms with E-state index in [4.69, 9.17) is 9.84 Å². The maximum Gasteiger partial charge on any atom is 0.233 e. The summed E-state index contributed by atoms with van der Waals surface area (Å²) < 4.78 is 5.19. The first-order valence-corrected chi connectivity index (χ1v) is 7.66. The molecule has 2 saturated heterocycles. The fourth-order valence-corrected chi connectivity index (χ4v) is 3.21. The molecule has 0 bridgehead atoms. The van der Waals surface area contributed by atoms with Crippen molar-refractivity contribution in [1.29, 1.82) is 0 Å². The molecule has 0 saturated carbocycles. The van der Waals surface area contributed by atoms with Gasteiger partial charge in [0.2, 0.25) is 5.91 Å². The number of carbonyl (C=O) groups excluding carboxylic acids is 1. The summed E-state index contributed by atoms with van der Waals surface area (Å²) in [6.45, 7) is 4.95. The van der Waals surface area contributed by atoms with Gasteiger partial charge in [-0.2, -0.15) is 0 Å². The van der Waals surface area contributed by atoms with Gasteiger partial charge in [0.25, 0.3) is 0 Å². The van der Waals surface area contributed by atoms with E-state index < -0.39 is 0 Å². The highest BCUT2D eigenvalue weighted by molar-refractivity contribution is 5.83. The number of hydrogen-bond donors (Lipinski definition) is 1. The number of nitrogens with zero attached hydrogens (tertiary/aromatic N) is 1. The second-order valence-corrected chi connectivity index (χ2v) is 6.64. The SMILES string of the molecule is CC1(C(=O)N2CC[C@H](Cc3ccc(CO)cc3)C2)COC1. The number of amides is 1. The Morgan fingerprint density at radius 2 is 2.00 bits per heavy atom. The zero-order valence-electron chi connectivity index (χ0n) is 12.5. The van der Waals surface area contributed by atoms with Crippen molar-refractivity contribution in [3.63, 3.8) is 0 Å². The summed E-state index contributed by atoms with van der Waals surface area (Å²) in [6, 6.07) is 8.11. The maximum atomic E-state index is 12.4. The second-order valence-electron chi connectivity index (χ2n) is 6.64. The lowest BCUT2D eigenvalue weighted by Crippen LogP contribution is -2.52. The molecule has 1 amide bonds. The summed E-state index contributed by atoms with van der Waals surface area (Å²) in [6.07, 6.45) is 2.08. The molecule has 2 aliphatic heterocycles. The van der Waals surface area contributed by atoms with Gasteiger partial charge < -0.3 is 14.7 Å². The van der Waals surface area contributed by atoms with E-state index in [-0.39, 0.29) is 17.9 Å². The first-order chi connectivity index (χ1) is 10.1. The van der Waals surface area contributed by atoms with Crippen LogP contribution in [-0.2, 0) is 22.6 Å². The van der Waals surface area contributed by atoms with Gasteiger partial charge in [-0.25, -0.2) is 0 Å². The van der Waals surface area contributed by atoms with Gasteiger partial charge in [0.05, 0.1) is 25.2 Å². The van der Waals surface area contributed by atoms with Crippen molar-refractivity contribution in [1.82, 2.24) is 4.90 Å². The highest BCUT2D eigenvalue weighted by Gasteiger charge is 2.44. The molecule has 1 aromatic carbocycles. The molecule has 2 fully saturated rings. The fourth-order valence-electron chi connectivity index (χ4n) is 3.21. The zero-order valence-corrected chi connectivity index (χ0v) is 12.5. The molecule has 0 radical (unpaired) electrons. The number of benzene rings is 1. The molecule has 4 heteroatoms. The van der Waals surface area contributed by atoms with Crippen LogP contribution in [0, 0.1) is 11.3 Å². The number of hydrogen-bond acceptors (Lipinski definition) is 3. The largest absolute Gasteiger partial charge is 0.392 e. The molecule has 3 rings (SSSR count). The summed E-state index contributed by atoms with van der Waals surface area (Å²) in [7, 11) is 0. The van der Waals surface area contributed by atoms with Gasteiger partial charge in [-0.15, -0.1) is 0 Å². The first kappa shape index (κ1) is 14.5. The molecule has 2 aliphatic rings. The number of likely N-dealkylation sites (tertiary alicyclic amines) is 1. The smallest absolute Gasteiger partial charge is 0.233 e. The van der Waals surface area contributed by atoms with Gasteiger partial charge in [0, 0.05) is 13.1 Å². The Labute approximate surface area is 125 Å². The number of carbonyl (C=O) groups is 1. The minimum absolute atomic E-state index is 0.0899. The maximum absolute atomic E-state index is 12.4. The van der Waals surface area contributed by atoms with E-state index in [1.807, 2.05) is 24.0 Å². The number of aliphatic hydroxyl groups is 1. The Hall–Kier alpha value is -1.39. The zero-order chi connectivity index (χ0) is 14.9. The molecule has 21 heavy (non-hydrogen) atoms. The van der Waals surface area contributed by atoms with Gasteiger partial charge in [-0.1, -0.05) is 24.3 Å². The quantitative estimate of drug-likeness (QED) is 0.916. The first-order valence-electron chi connectivity index (χ1n) is 7.66. The monoisotopic (exact) mass is 289 g/mol. The standard InChI is InChI=1S/C17H23NO3/c1-17(11-21-12-17)16(20)18-7-6-15(9-18)8-13-2-4-14(10-19)5-3-13/h2-5,15,19H,6-12H2,1H3/t15-/m1/s1. The van der Waals surface area contributed by atoms with Crippen LogP contribution in [-0.4, -0.2) is 42.2 Å². The molecule has 1 N–H and O–H groups in total. The fraction of sp³-hybridized carbons (Fsp3) is 0.588. The van der Waals surface area contributed by atoms with E-state index in [1.54, 1.807) is 0 Å². The lowest BCUT2D eigenvalue weighted by Gasteiger charge is -2.39. The van der Waals surface area contributed by atoms with E-state index in [0.717, 1.165) is 31.5 Å². The van der Waals surface area contributed by atoms with Crippen molar-refractivity contribution in [3.05, 3.63) is 35.4 Å². The Morgan fingerprint density at radius 3 is 2.57 bits per heavy atom. The second kappa shape index (κ2) is 5.78. The third-order valence-corrected chi connectivity index (χ3v) is 4.66. The van der Waals surface area contributed by atoms with Crippen LogP contribution in [0.1, 0.15) is 24.5 Å². The summed E-state index contributed by atoms with van der Waals surface area (Å²) in [5, 5.41) is 9.06. The third-order valence-electron chi connectivity index (χ3n) is 4.66. The van der Waals surface area contributed by atoms with Gasteiger partial charge in [0.1, 0.15) is 0 Å². The van der Waals surface area contributed by atoms with Crippen LogP contribution in [0.4, 0.5) is 0 Å². The number of rotatable bonds is 4. The molecule has 4 nitrogen and oxygen atoms in total. The number of ether oxygens (including phenoxy) is 1. The molecule has 1 atom stereocenters.